The average Bonchev–Trinajstić information content (AvgIpc) is 2.77. The smallest absolute Gasteiger partial charge is 0.308 e. The van der Waals surface area contributed by atoms with Gasteiger partial charge < -0.3 is 14.9 Å². The van der Waals surface area contributed by atoms with E-state index in [4.69, 9.17) is 5.11 Å². The molecule has 0 aliphatic carbocycles. The van der Waals surface area contributed by atoms with Crippen molar-refractivity contribution in [2.45, 2.75) is 32.1 Å². The quantitative estimate of drug-likeness (QED) is 0.779. The van der Waals surface area contributed by atoms with Gasteiger partial charge in [0.05, 0.1) is 5.92 Å². The highest BCUT2D eigenvalue weighted by atomic mass is 16.4. The van der Waals surface area contributed by atoms with Crippen LogP contribution in [0.3, 0.4) is 0 Å². The highest BCUT2D eigenvalue weighted by Crippen LogP contribution is 2.18. The Balaban J connectivity index is 1.76. The minimum atomic E-state index is -0.827. The molecule has 0 bridgehead atoms. The van der Waals surface area contributed by atoms with Crippen LogP contribution in [-0.2, 0) is 14.4 Å². The Labute approximate surface area is 112 Å². The molecule has 0 spiro atoms. The molecule has 2 amide bonds. The largest absolute Gasteiger partial charge is 0.481 e. The van der Waals surface area contributed by atoms with Gasteiger partial charge >= 0.3 is 5.97 Å². The number of carboxylic acid groups (broad SMARTS) is 1. The van der Waals surface area contributed by atoms with Crippen molar-refractivity contribution in [3.63, 3.8) is 0 Å². The molecule has 2 saturated heterocycles. The van der Waals surface area contributed by atoms with Crippen LogP contribution in [0, 0.1) is 5.92 Å². The van der Waals surface area contributed by atoms with Crippen molar-refractivity contribution < 1.29 is 19.5 Å². The number of hydrogen-bond donors (Lipinski definition) is 1. The molecule has 2 fully saturated rings. The van der Waals surface area contributed by atoms with E-state index in [9.17, 15) is 14.4 Å². The van der Waals surface area contributed by atoms with Crippen LogP contribution < -0.4 is 0 Å². The van der Waals surface area contributed by atoms with Crippen LogP contribution in [0.4, 0.5) is 0 Å². The van der Waals surface area contributed by atoms with Crippen molar-refractivity contribution >= 4 is 17.8 Å². The molecule has 1 N–H and O–H groups in total. The molecular weight excluding hydrogens is 248 g/mol. The maximum absolute atomic E-state index is 11.7. The maximum atomic E-state index is 11.7. The fourth-order valence-electron chi connectivity index (χ4n) is 2.73. The average molecular weight is 268 g/mol. The molecule has 0 radical (unpaired) electrons. The van der Waals surface area contributed by atoms with Crippen molar-refractivity contribution in [1.29, 1.82) is 0 Å². The van der Waals surface area contributed by atoms with Crippen LogP contribution in [-0.4, -0.2) is 58.9 Å². The lowest BCUT2D eigenvalue weighted by Gasteiger charge is -2.31. The second-order valence-electron chi connectivity index (χ2n) is 5.25. The van der Waals surface area contributed by atoms with E-state index in [1.54, 1.807) is 4.90 Å². The van der Waals surface area contributed by atoms with Crippen LogP contribution in [0.5, 0.6) is 0 Å². The predicted octanol–water partition coefficient (Wildman–Crippen LogP) is 0.322. The number of piperidine rings is 1. The van der Waals surface area contributed by atoms with Gasteiger partial charge in [0.15, 0.2) is 0 Å². The highest BCUT2D eigenvalue weighted by Gasteiger charge is 2.29. The molecule has 0 saturated carbocycles. The van der Waals surface area contributed by atoms with E-state index in [0.29, 0.717) is 38.9 Å². The summed E-state index contributed by atoms with van der Waals surface area (Å²) in [6.45, 7) is 2.33. The van der Waals surface area contributed by atoms with Crippen molar-refractivity contribution in [3.8, 4) is 0 Å². The minimum absolute atomic E-state index is 0.0326. The molecule has 19 heavy (non-hydrogen) atoms. The minimum Gasteiger partial charge on any atom is -0.481 e. The molecule has 1 atom stereocenters. The van der Waals surface area contributed by atoms with Gasteiger partial charge in [-0.1, -0.05) is 0 Å². The van der Waals surface area contributed by atoms with E-state index in [0.717, 1.165) is 19.4 Å². The van der Waals surface area contributed by atoms with Crippen LogP contribution in [0.1, 0.15) is 32.1 Å². The number of carbonyl (C=O) groups is 3. The first-order valence-electron chi connectivity index (χ1n) is 6.86. The maximum Gasteiger partial charge on any atom is 0.308 e. The van der Waals surface area contributed by atoms with E-state index in [-0.39, 0.29) is 11.8 Å². The summed E-state index contributed by atoms with van der Waals surface area (Å²) in [4.78, 5) is 37.5. The van der Waals surface area contributed by atoms with Gasteiger partial charge in [-0.25, -0.2) is 0 Å². The number of carboxylic acids is 1. The molecule has 2 heterocycles. The molecule has 106 valence electrons. The van der Waals surface area contributed by atoms with Gasteiger partial charge in [0.25, 0.3) is 0 Å². The van der Waals surface area contributed by atoms with Crippen molar-refractivity contribution in [3.05, 3.63) is 0 Å². The fraction of sp³-hybridized carbons (Fsp3) is 0.769. The SMILES string of the molecule is O=C(O)[C@@H]1CCC(=O)N(CCCN2CCCC2=O)C1. The van der Waals surface area contributed by atoms with Gasteiger partial charge in [-0.15, -0.1) is 0 Å². The summed E-state index contributed by atoms with van der Waals surface area (Å²) in [6, 6.07) is 0. The number of rotatable bonds is 5. The summed E-state index contributed by atoms with van der Waals surface area (Å²) in [5.74, 6) is -1.04. The molecular formula is C13H20N2O4. The lowest BCUT2D eigenvalue weighted by molar-refractivity contribution is -0.147. The molecule has 2 rings (SSSR count). The van der Waals surface area contributed by atoms with Gasteiger partial charge in [0.2, 0.25) is 11.8 Å². The summed E-state index contributed by atoms with van der Waals surface area (Å²) in [5, 5.41) is 8.98. The first kappa shape index (κ1) is 13.8. The zero-order valence-corrected chi connectivity index (χ0v) is 11.0. The lowest BCUT2D eigenvalue weighted by Crippen LogP contribution is -2.43. The number of aliphatic carboxylic acids is 1. The summed E-state index contributed by atoms with van der Waals surface area (Å²) in [6.07, 6.45) is 3.03. The van der Waals surface area contributed by atoms with E-state index >= 15 is 0 Å². The molecule has 0 aromatic heterocycles. The Bertz CT molecular complexity index is 383. The first-order chi connectivity index (χ1) is 9.08. The van der Waals surface area contributed by atoms with Crippen molar-refractivity contribution in [1.82, 2.24) is 9.80 Å². The fourth-order valence-corrected chi connectivity index (χ4v) is 2.73. The molecule has 6 nitrogen and oxygen atoms in total. The summed E-state index contributed by atoms with van der Waals surface area (Å²) in [7, 11) is 0. The van der Waals surface area contributed by atoms with Crippen molar-refractivity contribution in [2.75, 3.05) is 26.2 Å². The zero-order chi connectivity index (χ0) is 13.8. The second kappa shape index (κ2) is 6.04. The third kappa shape index (κ3) is 3.45. The van der Waals surface area contributed by atoms with Gasteiger partial charge in [0, 0.05) is 39.0 Å². The summed E-state index contributed by atoms with van der Waals surface area (Å²) in [5.41, 5.74) is 0. The molecule has 0 unspecified atom stereocenters. The zero-order valence-electron chi connectivity index (χ0n) is 11.0. The van der Waals surface area contributed by atoms with Crippen molar-refractivity contribution in [2.24, 2.45) is 5.92 Å². The Morgan fingerprint density at radius 1 is 1.16 bits per heavy atom. The predicted molar refractivity (Wildman–Crippen MR) is 67.4 cm³/mol. The lowest BCUT2D eigenvalue weighted by atomic mass is 9.97. The Kier molecular flexibility index (Phi) is 4.39. The number of carbonyl (C=O) groups excluding carboxylic acids is 2. The number of likely N-dealkylation sites (tertiary alicyclic amines) is 2. The summed E-state index contributed by atoms with van der Waals surface area (Å²) >= 11 is 0. The van der Waals surface area contributed by atoms with Crippen LogP contribution in [0.15, 0.2) is 0 Å². The van der Waals surface area contributed by atoms with Gasteiger partial charge in [-0.05, 0) is 19.3 Å². The monoisotopic (exact) mass is 268 g/mol. The highest BCUT2D eigenvalue weighted by molar-refractivity contribution is 5.80. The third-order valence-electron chi connectivity index (χ3n) is 3.88. The van der Waals surface area contributed by atoms with E-state index < -0.39 is 11.9 Å². The molecule has 2 aliphatic heterocycles. The molecule has 0 aromatic rings. The van der Waals surface area contributed by atoms with Crippen LogP contribution in [0.25, 0.3) is 0 Å². The van der Waals surface area contributed by atoms with Crippen LogP contribution >= 0.6 is 0 Å². The third-order valence-corrected chi connectivity index (χ3v) is 3.88. The van der Waals surface area contributed by atoms with E-state index in [1.165, 1.54) is 0 Å². The molecule has 2 aliphatic rings. The Morgan fingerprint density at radius 3 is 2.47 bits per heavy atom. The number of amides is 2. The summed E-state index contributed by atoms with van der Waals surface area (Å²) < 4.78 is 0. The molecule has 6 heteroatoms. The Morgan fingerprint density at radius 2 is 1.84 bits per heavy atom. The second-order valence-corrected chi connectivity index (χ2v) is 5.25. The van der Waals surface area contributed by atoms with E-state index in [1.807, 2.05) is 4.90 Å². The first-order valence-corrected chi connectivity index (χ1v) is 6.86. The normalized spacial score (nSPS) is 24.1. The van der Waals surface area contributed by atoms with E-state index in [2.05, 4.69) is 0 Å². The van der Waals surface area contributed by atoms with Gasteiger partial charge in [-0.3, -0.25) is 14.4 Å². The molecule has 0 aromatic carbocycles. The topological polar surface area (TPSA) is 77.9 Å². The number of nitrogens with zero attached hydrogens (tertiary/aromatic N) is 2. The Hall–Kier alpha value is -1.59. The van der Waals surface area contributed by atoms with Crippen LogP contribution in [0.2, 0.25) is 0 Å². The standard InChI is InChI=1S/C13H20N2O4/c16-11-3-1-6-14(11)7-2-8-15-9-10(13(18)19)4-5-12(15)17/h10H,1-9H2,(H,18,19)/t10-/m1/s1. The number of hydrogen-bond acceptors (Lipinski definition) is 3. The van der Waals surface area contributed by atoms with Gasteiger partial charge in [0.1, 0.15) is 0 Å². The van der Waals surface area contributed by atoms with Gasteiger partial charge in [-0.2, -0.15) is 0 Å².